The largest absolute Gasteiger partial charge is 0.385 e. The first-order valence-electron chi connectivity index (χ1n) is 5.98. The third-order valence-electron chi connectivity index (χ3n) is 2.88. The molecule has 16 heavy (non-hydrogen) atoms. The van der Waals surface area contributed by atoms with Gasteiger partial charge in [-0.25, -0.2) is 0 Å². The molecule has 0 atom stereocenters. The van der Waals surface area contributed by atoms with Crippen LogP contribution >= 0.6 is 0 Å². The minimum atomic E-state index is 0.116. The molecule has 1 aliphatic heterocycles. The number of hydrogen-bond donors (Lipinski definition) is 2. The number of carbonyl (C=O) groups is 1. The van der Waals surface area contributed by atoms with Crippen molar-refractivity contribution in [3.05, 3.63) is 0 Å². The first-order chi connectivity index (χ1) is 7.77. The standard InChI is InChI=1S/C11H23N3O2/c1-3-14(10-7-12-8-10)9-11(15)13-5-4-6-16-2/h10,12H,3-9H2,1-2H3,(H,13,15). The Morgan fingerprint density at radius 1 is 1.56 bits per heavy atom. The molecule has 1 fully saturated rings. The molecule has 0 radical (unpaired) electrons. The van der Waals surface area contributed by atoms with E-state index in [2.05, 4.69) is 22.5 Å². The Morgan fingerprint density at radius 2 is 2.31 bits per heavy atom. The smallest absolute Gasteiger partial charge is 0.234 e. The molecule has 1 aliphatic rings. The van der Waals surface area contributed by atoms with Gasteiger partial charge in [0.15, 0.2) is 0 Å². The Labute approximate surface area is 97.5 Å². The zero-order valence-corrected chi connectivity index (χ0v) is 10.3. The molecule has 94 valence electrons. The van der Waals surface area contributed by atoms with Crippen molar-refractivity contribution in [1.29, 1.82) is 0 Å². The average Bonchev–Trinajstić information content (AvgIpc) is 2.21. The minimum absolute atomic E-state index is 0.116. The molecule has 0 aromatic rings. The molecule has 0 saturated carbocycles. The monoisotopic (exact) mass is 229 g/mol. The third kappa shape index (κ3) is 4.47. The predicted octanol–water partition coefficient (Wildman–Crippen LogP) is -0.567. The molecule has 0 aliphatic carbocycles. The topological polar surface area (TPSA) is 53.6 Å². The van der Waals surface area contributed by atoms with E-state index in [1.165, 1.54) is 0 Å². The van der Waals surface area contributed by atoms with E-state index >= 15 is 0 Å². The summed E-state index contributed by atoms with van der Waals surface area (Å²) in [5.74, 6) is 0.116. The second-order valence-electron chi connectivity index (χ2n) is 4.07. The fourth-order valence-electron chi connectivity index (χ4n) is 1.72. The van der Waals surface area contributed by atoms with Gasteiger partial charge < -0.3 is 15.4 Å². The van der Waals surface area contributed by atoms with E-state index in [4.69, 9.17) is 4.74 Å². The van der Waals surface area contributed by atoms with Crippen molar-refractivity contribution in [2.75, 3.05) is 46.4 Å². The van der Waals surface area contributed by atoms with Crippen LogP contribution in [-0.4, -0.2) is 63.3 Å². The van der Waals surface area contributed by atoms with Gasteiger partial charge in [-0.15, -0.1) is 0 Å². The summed E-state index contributed by atoms with van der Waals surface area (Å²) in [4.78, 5) is 13.8. The second-order valence-corrected chi connectivity index (χ2v) is 4.07. The summed E-state index contributed by atoms with van der Waals surface area (Å²) in [5.41, 5.74) is 0. The highest BCUT2D eigenvalue weighted by atomic mass is 16.5. The highest BCUT2D eigenvalue weighted by Crippen LogP contribution is 2.03. The maximum absolute atomic E-state index is 11.6. The summed E-state index contributed by atoms with van der Waals surface area (Å²) >= 11 is 0. The fourth-order valence-corrected chi connectivity index (χ4v) is 1.72. The van der Waals surface area contributed by atoms with Gasteiger partial charge in [0.2, 0.25) is 5.91 Å². The van der Waals surface area contributed by atoms with Crippen molar-refractivity contribution in [3.63, 3.8) is 0 Å². The molecular formula is C11H23N3O2. The van der Waals surface area contributed by atoms with E-state index in [0.717, 1.165) is 26.1 Å². The molecule has 0 aromatic heterocycles. The van der Waals surface area contributed by atoms with Crippen LogP contribution in [0.3, 0.4) is 0 Å². The molecule has 0 spiro atoms. The van der Waals surface area contributed by atoms with Crippen LogP contribution in [0.4, 0.5) is 0 Å². The molecule has 1 heterocycles. The van der Waals surface area contributed by atoms with Crippen LogP contribution in [0.1, 0.15) is 13.3 Å². The van der Waals surface area contributed by atoms with Gasteiger partial charge in [-0.1, -0.05) is 6.92 Å². The number of likely N-dealkylation sites (N-methyl/N-ethyl adjacent to an activating group) is 1. The van der Waals surface area contributed by atoms with Gasteiger partial charge in [0, 0.05) is 39.4 Å². The predicted molar refractivity (Wildman–Crippen MR) is 63.4 cm³/mol. The first kappa shape index (κ1) is 13.4. The highest BCUT2D eigenvalue weighted by Gasteiger charge is 2.24. The number of methoxy groups -OCH3 is 1. The van der Waals surface area contributed by atoms with Gasteiger partial charge >= 0.3 is 0 Å². The fraction of sp³-hybridized carbons (Fsp3) is 0.909. The van der Waals surface area contributed by atoms with Crippen LogP contribution < -0.4 is 10.6 Å². The van der Waals surface area contributed by atoms with Crippen LogP contribution in [0.5, 0.6) is 0 Å². The van der Waals surface area contributed by atoms with Crippen LogP contribution in [0.25, 0.3) is 0 Å². The summed E-state index contributed by atoms with van der Waals surface area (Å²) in [5, 5.41) is 6.12. The molecule has 0 unspecified atom stereocenters. The molecular weight excluding hydrogens is 206 g/mol. The maximum Gasteiger partial charge on any atom is 0.234 e. The zero-order chi connectivity index (χ0) is 11.8. The summed E-state index contributed by atoms with van der Waals surface area (Å²) in [7, 11) is 1.67. The number of hydrogen-bond acceptors (Lipinski definition) is 4. The van der Waals surface area contributed by atoms with E-state index in [1.54, 1.807) is 7.11 Å². The van der Waals surface area contributed by atoms with Gasteiger partial charge in [-0.2, -0.15) is 0 Å². The van der Waals surface area contributed by atoms with Crippen molar-refractivity contribution < 1.29 is 9.53 Å². The van der Waals surface area contributed by atoms with E-state index in [9.17, 15) is 4.79 Å². The number of nitrogens with one attached hydrogen (secondary N) is 2. The number of amides is 1. The van der Waals surface area contributed by atoms with E-state index in [-0.39, 0.29) is 5.91 Å². The SMILES string of the molecule is CCN(CC(=O)NCCCOC)C1CNC1. The van der Waals surface area contributed by atoms with Crippen molar-refractivity contribution in [2.45, 2.75) is 19.4 Å². The summed E-state index contributed by atoms with van der Waals surface area (Å²) in [6.07, 6.45) is 0.874. The summed E-state index contributed by atoms with van der Waals surface area (Å²) in [6, 6.07) is 0.537. The minimum Gasteiger partial charge on any atom is -0.385 e. The Hall–Kier alpha value is -0.650. The van der Waals surface area contributed by atoms with E-state index in [1.807, 2.05) is 0 Å². The third-order valence-corrected chi connectivity index (χ3v) is 2.88. The summed E-state index contributed by atoms with van der Waals surface area (Å²) in [6.45, 7) is 6.94. The van der Waals surface area contributed by atoms with Gasteiger partial charge in [0.25, 0.3) is 0 Å². The zero-order valence-electron chi connectivity index (χ0n) is 10.3. The maximum atomic E-state index is 11.6. The Kier molecular flexibility index (Phi) is 6.37. The lowest BCUT2D eigenvalue weighted by Crippen LogP contribution is -2.58. The van der Waals surface area contributed by atoms with Crippen molar-refractivity contribution in [1.82, 2.24) is 15.5 Å². The number of carbonyl (C=O) groups excluding carboxylic acids is 1. The Balaban J connectivity index is 2.10. The Morgan fingerprint density at radius 3 is 2.81 bits per heavy atom. The highest BCUT2D eigenvalue weighted by molar-refractivity contribution is 5.78. The lowest BCUT2D eigenvalue weighted by atomic mass is 10.1. The van der Waals surface area contributed by atoms with Gasteiger partial charge in [-0.05, 0) is 13.0 Å². The van der Waals surface area contributed by atoms with Gasteiger partial charge in [0.1, 0.15) is 0 Å². The van der Waals surface area contributed by atoms with Crippen LogP contribution in [0.15, 0.2) is 0 Å². The average molecular weight is 229 g/mol. The lowest BCUT2D eigenvalue weighted by Gasteiger charge is -2.37. The number of nitrogens with zero attached hydrogens (tertiary/aromatic N) is 1. The van der Waals surface area contributed by atoms with E-state index in [0.29, 0.717) is 25.7 Å². The quantitative estimate of drug-likeness (QED) is 0.548. The van der Waals surface area contributed by atoms with Crippen LogP contribution in [-0.2, 0) is 9.53 Å². The number of rotatable bonds is 8. The lowest BCUT2D eigenvalue weighted by molar-refractivity contribution is -0.123. The molecule has 5 nitrogen and oxygen atoms in total. The van der Waals surface area contributed by atoms with Crippen molar-refractivity contribution in [2.24, 2.45) is 0 Å². The number of ether oxygens (including phenoxy) is 1. The Bertz CT molecular complexity index is 207. The molecule has 1 saturated heterocycles. The molecule has 0 bridgehead atoms. The molecule has 0 aromatic carbocycles. The molecule has 1 amide bonds. The van der Waals surface area contributed by atoms with Crippen LogP contribution in [0.2, 0.25) is 0 Å². The van der Waals surface area contributed by atoms with Crippen molar-refractivity contribution in [3.8, 4) is 0 Å². The van der Waals surface area contributed by atoms with Crippen molar-refractivity contribution >= 4 is 5.91 Å². The normalized spacial score (nSPS) is 16.2. The van der Waals surface area contributed by atoms with Crippen LogP contribution in [0, 0.1) is 0 Å². The van der Waals surface area contributed by atoms with E-state index < -0.39 is 0 Å². The summed E-state index contributed by atoms with van der Waals surface area (Å²) < 4.78 is 4.92. The molecule has 1 rings (SSSR count). The molecule has 2 N–H and O–H groups in total. The first-order valence-corrected chi connectivity index (χ1v) is 5.98. The van der Waals surface area contributed by atoms with Gasteiger partial charge in [-0.3, -0.25) is 9.69 Å². The second kappa shape index (κ2) is 7.60. The van der Waals surface area contributed by atoms with Gasteiger partial charge in [0.05, 0.1) is 6.54 Å². The molecule has 5 heteroatoms.